The van der Waals surface area contributed by atoms with Crippen LogP contribution >= 0.6 is 0 Å². The van der Waals surface area contributed by atoms with Crippen molar-refractivity contribution in [1.29, 1.82) is 0 Å². The molecular weight excluding hydrogens is 399 g/mol. The molecule has 1 saturated carbocycles. The van der Waals surface area contributed by atoms with Gasteiger partial charge in [0.1, 0.15) is 17.2 Å². The highest BCUT2D eigenvalue weighted by atomic mass is 19.4. The Kier molecular flexibility index (Phi) is 8.92. The van der Waals surface area contributed by atoms with Crippen LogP contribution in [0.2, 0.25) is 0 Å². The summed E-state index contributed by atoms with van der Waals surface area (Å²) in [5, 5.41) is 6.45. The third-order valence-corrected chi connectivity index (χ3v) is 5.32. The van der Waals surface area contributed by atoms with E-state index < -0.39 is 12.1 Å². The third-order valence-electron chi connectivity index (χ3n) is 5.32. The van der Waals surface area contributed by atoms with E-state index in [0.29, 0.717) is 55.6 Å². The molecule has 1 aromatic rings. The summed E-state index contributed by atoms with van der Waals surface area (Å²) in [6.07, 6.45) is -2.25. The van der Waals surface area contributed by atoms with Crippen LogP contribution in [-0.4, -0.2) is 52.6 Å². The molecule has 0 atom stereocenters. The largest absolute Gasteiger partial charge is 0.496 e. The zero-order valence-electron chi connectivity index (χ0n) is 18.1. The lowest BCUT2D eigenvalue weighted by molar-refractivity contribution is -0.182. The van der Waals surface area contributed by atoms with E-state index in [-0.39, 0.29) is 18.9 Å². The lowest BCUT2D eigenvalue weighted by Gasteiger charge is -2.31. The Balaban J connectivity index is 2.01. The molecule has 0 bridgehead atoms. The molecule has 0 aliphatic heterocycles. The monoisotopic (exact) mass is 431 g/mol. The van der Waals surface area contributed by atoms with E-state index in [1.807, 2.05) is 6.92 Å². The number of nitrogens with one attached hydrogen (secondary N) is 2. The first-order valence-electron chi connectivity index (χ1n) is 10.2. The average molecular weight is 431 g/mol. The number of guanidine groups is 1. The van der Waals surface area contributed by atoms with E-state index in [9.17, 15) is 13.2 Å². The Bertz CT molecular complexity index is 677. The van der Waals surface area contributed by atoms with E-state index in [4.69, 9.17) is 14.2 Å². The number of rotatable bonds is 8. The molecule has 0 aromatic heterocycles. The van der Waals surface area contributed by atoms with Crippen LogP contribution in [0, 0.1) is 5.92 Å². The molecule has 0 amide bonds. The van der Waals surface area contributed by atoms with Gasteiger partial charge in [-0.15, -0.1) is 0 Å². The quantitative estimate of drug-likeness (QED) is 0.482. The van der Waals surface area contributed by atoms with Gasteiger partial charge in [-0.05, 0) is 39.0 Å². The lowest BCUT2D eigenvalue weighted by Crippen LogP contribution is -2.46. The number of nitrogens with zero attached hydrogens (tertiary/aromatic N) is 1. The van der Waals surface area contributed by atoms with E-state index >= 15 is 0 Å². The van der Waals surface area contributed by atoms with E-state index in [2.05, 4.69) is 15.6 Å². The van der Waals surface area contributed by atoms with Crippen molar-refractivity contribution in [3.05, 3.63) is 17.7 Å². The Morgan fingerprint density at radius 2 is 1.63 bits per heavy atom. The first-order valence-corrected chi connectivity index (χ1v) is 10.2. The average Bonchev–Trinajstić information content (AvgIpc) is 2.73. The van der Waals surface area contributed by atoms with Gasteiger partial charge in [0.15, 0.2) is 5.96 Å². The number of aliphatic imine (C=N–C) groups is 1. The van der Waals surface area contributed by atoms with Crippen molar-refractivity contribution in [1.82, 2.24) is 10.6 Å². The second kappa shape index (κ2) is 11.2. The first-order chi connectivity index (χ1) is 14.3. The molecule has 0 spiro atoms. The molecule has 0 unspecified atom stereocenters. The van der Waals surface area contributed by atoms with Crippen LogP contribution in [0.3, 0.4) is 0 Å². The summed E-state index contributed by atoms with van der Waals surface area (Å²) < 4.78 is 54.8. The SMILES string of the molecule is CCNC(=NCCc1c(OC)cc(OC)cc1OC)NC1CCC(C(F)(F)F)CC1. The summed E-state index contributed by atoms with van der Waals surface area (Å²) in [5.41, 5.74) is 0.881. The van der Waals surface area contributed by atoms with Crippen molar-refractivity contribution in [2.24, 2.45) is 10.9 Å². The van der Waals surface area contributed by atoms with Crippen LogP contribution in [0.4, 0.5) is 13.2 Å². The lowest BCUT2D eigenvalue weighted by atomic mass is 9.85. The standard InChI is InChI=1S/C21H32F3N3O3/c1-5-25-20(27-15-8-6-14(7-9-15)21(22,23)24)26-11-10-17-18(29-3)12-16(28-2)13-19(17)30-4/h12-15H,5-11H2,1-4H3,(H2,25,26,27). The molecule has 1 aromatic carbocycles. The van der Waals surface area contributed by atoms with Crippen LogP contribution in [-0.2, 0) is 6.42 Å². The smallest absolute Gasteiger partial charge is 0.391 e. The molecule has 1 aliphatic rings. The Hall–Kier alpha value is -2.32. The molecule has 2 rings (SSSR count). The highest BCUT2D eigenvalue weighted by Crippen LogP contribution is 2.37. The topological polar surface area (TPSA) is 64.1 Å². The number of methoxy groups -OCH3 is 3. The number of alkyl halides is 3. The summed E-state index contributed by atoms with van der Waals surface area (Å²) >= 11 is 0. The predicted molar refractivity (Wildman–Crippen MR) is 111 cm³/mol. The number of hydrogen-bond donors (Lipinski definition) is 2. The van der Waals surface area contributed by atoms with Crippen LogP contribution in [0.5, 0.6) is 17.2 Å². The fraction of sp³-hybridized carbons (Fsp3) is 0.667. The van der Waals surface area contributed by atoms with Gasteiger partial charge < -0.3 is 24.8 Å². The van der Waals surface area contributed by atoms with Gasteiger partial charge in [-0.2, -0.15) is 13.2 Å². The zero-order valence-corrected chi connectivity index (χ0v) is 18.1. The Labute approximate surface area is 176 Å². The van der Waals surface area contributed by atoms with Crippen LogP contribution in [0.1, 0.15) is 38.2 Å². The summed E-state index contributed by atoms with van der Waals surface area (Å²) in [6, 6.07) is 3.58. The molecule has 0 heterocycles. The minimum absolute atomic E-state index is 0.00791. The van der Waals surface area contributed by atoms with Crippen LogP contribution < -0.4 is 24.8 Å². The highest BCUT2D eigenvalue weighted by molar-refractivity contribution is 5.80. The molecule has 170 valence electrons. The maximum absolute atomic E-state index is 12.9. The first kappa shape index (κ1) is 24.0. The number of halogens is 3. The van der Waals surface area contributed by atoms with Gasteiger partial charge in [0.2, 0.25) is 0 Å². The molecular formula is C21H32F3N3O3. The molecule has 1 aliphatic carbocycles. The van der Waals surface area contributed by atoms with Gasteiger partial charge in [-0.1, -0.05) is 0 Å². The summed E-state index contributed by atoms with van der Waals surface area (Å²) in [7, 11) is 4.75. The number of hydrogen-bond acceptors (Lipinski definition) is 4. The van der Waals surface area contributed by atoms with Crippen LogP contribution in [0.15, 0.2) is 17.1 Å². The maximum Gasteiger partial charge on any atom is 0.391 e. The van der Waals surface area contributed by atoms with Gasteiger partial charge in [-0.3, -0.25) is 4.99 Å². The van der Waals surface area contributed by atoms with Crippen molar-refractivity contribution in [2.45, 2.75) is 51.2 Å². The van der Waals surface area contributed by atoms with E-state index in [1.54, 1.807) is 33.5 Å². The minimum atomic E-state index is -4.10. The van der Waals surface area contributed by atoms with Gasteiger partial charge in [-0.25, -0.2) is 0 Å². The number of ether oxygens (including phenoxy) is 3. The molecule has 2 N–H and O–H groups in total. The van der Waals surface area contributed by atoms with Gasteiger partial charge in [0, 0.05) is 36.8 Å². The molecule has 6 nitrogen and oxygen atoms in total. The van der Waals surface area contributed by atoms with E-state index in [0.717, 1.165) is 5.56 Å². The fourth-order valence-corrected chi connectivity index (χ4v) is 3.68. The minimum Gasteiger partial charge on any atom is -0.496 e. The molecule has 0 saturated heterocycles. The molecule has 0 radical (unpaired) electrons. The molecule has 1 fully saturated rings. The maximum atomic E-state index is 12.9. The zero-order chi connectivity index (χ0) is 22.1. The third kappa shape index (κ3) is 6.60. The summed E-state index contributed by atoms with van der Waals surface area (Å²) in [6.45, 7) is 3.08. The second-order valence-electron chi connectivity index (χ2n) is 7.26. The Morgan fingerprint density at radius 1 is 1.03 bits per heavy atom. The van der Waals surface area contributed by atoms with Crippen molar-refractivity contribution < 1.29 is 27.4 Å². The molecule has 30 heavy (non-hydrogen) atoms. The van der Waals surface area contributed by atoms with E-state index in [1.165, 1.54) is 0 Å². The fourth-order valence-electron chi connectivity index (χ4n) is 3.68. The van der Waals surface area contributed by atoms with Gasteiger partial charge in [0.25, 0.3) is 0 Å². The summed E-state index contributed by atoms with van der Waals surface area (Å²) in [5.74, 6) is 1.37. The van der Waals surface area contributed by atoms with Crippen molar-refractivity contribution in [3.63, 3.8) is 0 Å². The van der Waals surface area contributed by atoms with Crippen molar-refractivity contribution >= 4 is 5.96 Å². The van der Waals surface area contributed by atoms with Gasteiger partial charge >= 0.3 is 6.18 Å². The second-order valence-corrected chi connectivity index (χ2v) is 7.26. The Morgan fingerprint density at radius 3 is 2.10 bits per heavy atom. The predicted octanol–water partition coefficient (Wildman–Crippen LogP) is 3.93. The summed E-state index contributed by atoms with van der Waals surface area (Å²) in [4.78, 5) is 4.59. The van der Waals surface area contributed by atoms with Crippen molar-refractivity contribution in [2.75, 3.05) is 34.4 Å². The van der Waals surface area contributed by atoms with Gasteiger partial charge in [0.05, 0.1) is 27.2 Å². The van der Waals surface area contributed by atoms with Crippen molar-refractivity contribution in [3.8, 4) is 17.2 Å². The highest BCUT2D eigenvalue weighted by Gasteiger charge is 2.41. The number of benzene rings is 1. The van der Waals surface area contributed by atoms with Crippen LogP contribution in [0.25, 0.3) is 0 Å². The molecule has 9 heteroatoms. The normalized spacial score (nSPS) is 19.9.